The third kappa shape index (κ3) is 4.14. The number of amides is 2. The molecule has 2 fully saturated rings. The molecule has 3 atom stereocenters. The van der Waals surface area contributed by atoms with Crippen molar-refractivity contribution in [2.75, 3.05) is 19.9 Å². The van der Waals surface area contributed by atoms with Gasteiger partial charge < -0.3 is 25.0 Å². The second-order valence-corrected chi connectivity index (χ2v) is 7.31. The third-order valence-electron chi connectivity index (χ3n) is 5.41. The van der Waals surface area contributed by atoms with Crippen LogP contribution in [0.25, 0.3) is 0 Å². The molecule has 4 rings (SSSR count). The van der Waals surface area contributed by atoms with E-state index in [1.807, 2.05) is 0 Å². The zero-order valence-corrected chi connectivity index (χ0v) is 16.2. The third-order valence-corrected chi connectivity index (χ3v) is 5.41. The van der Waals surface area contributed by atoms with Crippen LogP contribution < -0.4 is 20.1 Å². The van der Waals surface area contributed by atoms with Crippen molar-refractivity contribution in [2.24, 2.45) is 0 Å². The van der Waals surface area contributed by atoms with Crippen LogP contribution in [0, 0.1) is 0 Å². The summed E-state index contributed by atoms with van der Waals surface area (Å²) in [6.07, 6.45) is 3.41. The molecule has 8 heteroatoms. The molecule has 0 bridgehead atoms. The summed E-state index contributed by atoms with van der Waals surface area (Å²) in [7, 11) is 0. The first-order chi connectivity index (χ1) is 12.6. The number of ether oxygens (including phenoxy) is 2. The van der Waals surface area contributed by atoms with Gasteiger partial charge in [0, 0.05) is 24.2 Å². The predicted molar refractivity (Wildman–Crippen MR) is 103 cm³/mol. The lowest BCUT2D eigenvalue weighted by Gasteiger charge is -2.31. The van der Waals surface area contributed by atoms with Gasteiger partial charge in [-0.15, -0.1) is 12.4 Å². The standard InChI is InChI=1S/C19H25N3O4.ClH/c1-12-9-14(6-7-20-12)21-18(23)15-3-2-8-22(15)19(24)13-4-5-16-17(10-13)26-11-25-16;/h4-5,10,12,14-15,20H,2-3,6-9,11H2,1H3,(H,21,23);1H. The minimum atomic E-state index is -0.391. The summed E-state index contributed by atoms with van der Waals surface area (Å²) >= 11 is 0. The summed E-state index contributed by atoms with van der Waals surface area (Å²) in [5, 5.41) is 6.54. The topological polar surface area (TPSA) is 79.9 Å². The first-order valence-electron chi connectivity index (χ1n) is 9.36. The SMILES string of the molecule is CC1CC(NC(=O)C2CCCN2C(=O)c2ccc3c(c2)OCO3)CCN1.Cl. The quantitative estimate of drug-likeness (QED) is 0.814. The Kier molecular flexibility index (Phi) is 6.11. The Balaban J connectivity index is 0.00000210. The number of hydrogen-bond donors (Lipinski definition) is 2. The fourth-order valence-corrected chi connectivity index (χ4v) is 4.04. The minimum absolute atomic E-state index is 0. The molecular formula is C19H26ClN3O4. The number of carbonyl (C=O) groups excluding carboxylic acids is 2. The molecule has 148 valence electrons. The fourth-order valence-electron chi connectivity index (χ4n) is 4.04. The van der Waals surface area contributed by atoms with Gasteiger partial charge in [-0.1, -0.05) is 0 Å². The number of rotatable bonds is 3. The second-order valence-electron chi connectivity index (χ2n) is 7.31. The Morgan fingerprint density at radius 3 is 2.85 bits per heavy atom. The predicted octanol–water partition coefficient (Wildman–Crippen LogP) is 1.70. The van der Waals surface area contributed by atoms with Crippen LogP contribution in [0.1, 0.15) is 43.0 Å². The highest BCUT2D eigenvalue weighted by atomic mass is 35.5. The number of hydrogen-bond acceptors (Lipinski definition) is 5. The van der Waals surface area contributed by atoms with Crippen LogP contribution in [0.15, 0.2) is 18.2 Å². The van der Waals surface area contributed by atoms with Crippen molar-refractivity contribution in [3.05, 3.63) is 23.8 Å². The first kappa shape index (κ1) is 19.8. The van der Waals surface area contributed by atoms with Crippen molar-refractivity contribution in [3.8, 4) is 11.5 Å². The molecular weight excluding hydrogens is 370 g/mol. The van der Waals surface area contributed by atoms with Gasteiger partial charge in [-0.2, -0.15) is 0 Å². The maximum Gasteiger partial charge on any atom is 0.254 e. The van der Waals surface area contributed by atoms with E-state index in [1.54, 1.807) is 23.1 Å². The molecule has 3 aliphatic rings. The molecule has 0 radical (unpaired) electrons. The molecule has 3 aliphatic heterocycles. The zero-order chi connectivity index (χ0) is 18.1. The molecule has 2 N–H and O–H groups in total. The number of benzene rings is 1. The van der Waals surface area contributed by atoms with Gasteiger partial charge in [0.2, 0.25) is 12.7 Å². The second kappa shape index (κ2) is 8.35. The Labute approximate surface area is 165 Å². The number of carbonyl (C=O) groups is 2. The van der Waals surface area contributed by atoms with Gasteiger partial charge >= 0.3 is 0 Å². The molecule has 2 amide bonds. The van der Waals surface area contributed by atoms with E-state index in [-0.39, 0.29) is 37.1 Å². The fraction of sp³-hybridized carbons (Fsp3) is 0.579. The maximum atomic E-state index is 12.9. The highest BCUT2D eigenvalue weighted by Gasteiger charge is 2.36. The molecule has 3 heterocycles. The normalized spacial score (nSPS) is 26.4. The number of piperidine rings is 1. The molecule has 0 saturated carbocycles. The highest BCUT2D eigenvalue weighted by molar-refractivity contribution is 5.98. The lowest BCUT2D eigenvalue weighted by atomic mass is 10.00. The Morgan fingerprint density at radius 1 is 1.22 bits per heavy atom. The first-order valence-corrected chi connectivity index (χ1v) is 9.36. The van der Waals surface area contributed by atoms with Crippen molar-refractivity contribution < 1.29 is 19.1 Å². The highest BCUT2D eigenvalue weighted by Crippen LogP contribution is 2.33. The Morgan fingerprint density at radius 2 is 2.04 bits per heavy atom. The maximum absolute atomic E-state index is 12.9. The van der Waals surface area contributed by atoms with Gasteiger partial charge in [0.05, 0.1) is 0 Å². The molecule has 0 aliphatic carbocycles. The van der Waals surface area contributed by atoms with E-state index < -0.39 is 6.04 Å². The summed E-state index contributed by atoms with van der Waals surface area (Å²) < 4.78 is 10.7. The van der Waals surface area contributed by atoms with Crippen LogP contribution in [0.5, 0.6) is 11.5 Å². The van der Waals surface area contributed by atoms with Crippen molar-refractivity contribution in [1.29, 1.82) is 0 Å². The van der Waals surface area contributed by atoms with Crippen molar-refractivity contribution in [1.82, 2.24) is 15.5 Å². The molecule has 2 saturated heterocycles. The van der Waals surface area contributed by atoms with Gasteiger partial charge in [-0.3, -0.25) is 9.59 Å². The Hall–Kier alpha value is -1.99. The van der Waals surface area contributed by atoms with Gasteiger partial charge in [0.25, 0.3) is 5.91 Å². The number of likely N-dealkylation sites (tertiary alicyclic amines) is 1. The minimum Gasteiger partial charge on any atom is -0.454 e. The zero-order valence-electron chi connectivity index (χ0n) is 15.4. The van der Waals surface area contributed by atoms with Gasteiger partial charge in [0.15, 0.2) is 11.5 Å². The van der Waals surface area contributed by atoms with E-state index in [2.05, 4.69) is 17.6 Å². The van der Waals surface area contributed by atoms with Crippen LogP contribution in [0.4, 0.5) is 0 Å². The molecule has 3 unspecified atom stereocenters. The number of halogens is 1. The van der Waals surface area contributed by atoms with E-state index >= 15 is 0 Å². The van der Waals surface area contributed by atoms with Crippen LogP contribution in [-0.4, -0.2) is 54.7 Å². The van der Waals surface area contributed by atoms with E-state index in [1.165, 1.54) is 0 Å². The summed E-state index contributed by atoms with van der Waals surface area (Å²) in [4.78, 5) is 27.4. The van der Waals surface area contributed by atoms with Gasteiger partial charge in [-0.05, 0) is 57.4 Å². The average Bonchev–Trinajstić information content (AvgIpc) is 3.29. The Bertz CT molecular complexity index is 714. The number of fused-ring (bicyclic) bond motifs is 1. The van der Waals surface area contributed by atoms with Crippen molar-refractivity contribution in [3.63, 3.8) is 0 Å². The molecule has 0 aromatic heterocycles. The van der Waals surface area contributed by atoms with Crippen LogP contribution >= 0.6 is 12.4 Å². The van der Waals surface area contributed by atoms with Crippen LogP contribution in [0.3, 0.4) is 0 Å². The molecule has 1 aromatic rings. The number of nitrogens with one attached hydrogen (secondary N) is 2. The monoisotopic (exact) mass is 395 g/mol. The summed E-state index contributed by atoms with van der Waals surface area (Å²) in [6, 6.07) is 5.38. The van der Waals surface area contributed by atoms with Crippen molar-refractivity contribution in [2.45, 2.75) is 50.7 Å². The van der Waals surface area contributed by atoms with Gasteiger partial charge in [0.1, 0.15) is 6.04 Å². The van der Waals surface area contributed by atoms with E-state index in [0.717, 1.165) is 25.8 Å². The number of nitrogens with zero attached hydrogens (tertiary/aromatic N) is 1. The van der Waals surface area contributed by atoms with E-state index in [0.29, 0.717) is 36.1 Å². The van der Waals surface area contributed by atoms with Crippen LogP contribution in [-0.2, 0) is 4.79 Å². The smallest absolute Gasteiger partial charge is 0.254 e. The van der Waals surface area contributed by atoms with Crippen LogP contribution in [0.2, 0.25) is 0 Å². The van der Waals surface area contributed by atoms with E-state index in [9.17, 15) is 9.59 Å². The summed E-state index contributed by atoms with van der Waals surface area (Å²) in [5.74, 6) is 1.08. The molecule has 1 aromatic carbocycles. The van der Waals surface area contributed by atoms with Crippen molar-refractivity contribution >= 4 is 24.2 Å². The summed E-state index contributed by atoms with van der Waals surface area (Å²) in [5.41, 5.74) is 0.532. The average molecular weight is 396 g/mol. The molecule has 27 heavy (non-hydrogen) atoms. The lowest BCUT2D eigenvalue weighted by molar-refractivity contribution is -0.125. The molecule has 7 nitrogen and oxygen atoms in total. The van der Waals surface area contributed by atoms with Gasteiger partial charge in [-0.25, -0.2) is 0 Å². The lowest BCUT2D eigenvalue weighted by Crippen LogP contribution is -2.52. The van der Waals surface area contributed by atoms with E-state index in [4.69, 9.17) is 9.47 Å². The summed E-state index contributed by atoms with van der Waals surface area (Å²) in [6.45, 7) is 3.82. The molecule has 0 spiro atoms. The largest absolute Gasteiger partial charge is 0.454 e.